The first-order valence-electron chi connectivity index (χ1n) is 15.9. The van der Waals surface area contributed by atoms with E-state index in [0.717, 1.165) is 38.6 Å². The molecule has 2 aliphatic heterocycles. The van der Waals surface area contributed by atoms with E-state index in [-0.39, 0.29) is 16.6 Å². The average molecular weight is 559 g/mol. The minimum Gasteiger partial charge on any atom is -0.382 e. The first-order valence-corrected chi connectivity index (χ1v) is 15.9. The third kappa shape index (κ3) is 4.80. The topological polar surface area (TPSA) is 61.8 Å². The van der Waals surface area contributed by atoms with Gasteiger partial charge in [0.05, 0.1) is 44.2 Å². The van der Waals surface area contributed by atoms with Crippen LogP contribution in [0.4, 0.5) is 0 Å². The number of ether oxygens (including phenoxy) is 4. The summed E-state index contributed by atoms with van der Waals surface area (Å²) in [5.74, 6) is 1.12. The monoisotopic (exact) mass is 558 g/mol. The van der Waals surface area contributed by atoms with Crippen LogP contribution in [0.2, 0.25) is 0 Å². The lowest BCUT2D eigenvalue weighted by atomic mass is 9.58. The van der Waals surface area contributed by atoms with Gasteiger partial charge in [-0.1, -0.05) is 31.2 Å². The van der Waals surface area contributed by atoms with Gasteiger partial charge in [-0.15, -0.1) is 0 Å². The minimum atomic E-state index is -0.114. The second kappa shape index (κ2) is 11.2. The molecule has 0 radical (unpaired) electrons. The molecule has 2 spiro atoms. The SMILES string of the molecule is COCCOCCOCCNC1CCC2=CC3=CCC4(C)C(c5ccc6ccncc6c5)CC[C@H]4[C@@]34CC[C@]2(C1)O4. The van der Waals surface area contributed by atoms with Crippen molar-refractivity contribution in [1.29, 1.82) is 0 Å². The van der Waals surface area contributed by atoms with Crippen LogP contribution in [0.1, 0.15) is 69.8 Å². The van der Waals surface area contributed by atoms with E-state index in [1.54, 1.807) is 12.7 Å². The number of aromatic nitrogens is 1. The Morgan fingerprint density at radius 3 is 2.78 bits per heavy atom. The number of nitrogens with one attached hydrogen (secondary N) is 1. The van der Waals surface area contributed by atoms with Gasteiger partial charge in [0, 0.05) is 37.5 Å². The summed E-state index contributed by atoms with van der Waals surface area (Å²) >= 11 is 0. The van der Waals surface area contributed by atoms with Crippen LogP contribution in [-0.4, -0.2) is 68.9 Å². The standard InChI is InChI=1S/C35H46N2O4/c1-33-11-9-29-22-28-5-6-30(37-15-16-39-19-20-40-18-17-38-2)23-34(28)12-13-35(29,41-34)32(33)8-7-31(33)26-4-3-25-10-14-36-24-27(25)21-26/h3-4,9-10,14,21-22,24,30-32,37H,5-8,11-13,15-20,23H2,1-2H3/t30?,31?,32-,33?,34-,35-/m1/s1. The summed E-state index contributed by atoms with van der Waals surface area (Å²) < 4.78 is 23.8. The van der Waals surface area contributed by atoms with Crippen molar-refractivity contribution < 1.29 is 18.9 Å². The van der Waals surface area contributed by atoms with Crippen molar-refractivity contribution >= 4 is 10.8 Å². The molecule has 41 heavy (non-hydrogen) atoms. The second-order valence-corrected chi connectivity index (χ2v) is 13.3. The van der Waals surface area contributed by atoms with E-state index in [9.17, 15) is 0 Å². The van der Waals surface area contributed by atoms with Crippen molar-refractivity contribution in [3.05, 3.63) is 65.5 Å². The lowest BCUT2D eigenvalue weighted by Crippen LogP contribution is -2.55. The summed E-state index contributed by atoms with van der Waals surface area (Å²) in [7, 11) is 1.69. The van der Waals surface area contributed by atoms with Gasteiger partial charge < -0.3 is 24.3 Å². The van der Waals surface area contributed by atoms with Gasteiger partial charge in [0.25, 0.3) is 0 Å². The molecular weight excluding hydrogens is 512 g/mol. The molecule has 3 fully saturated rings. The van der Waals surface area contributed by atoms with Crippen LogP contribution in [0.3, 0.4) is 0 Å². The molecule has 3 heterocycles. The molecule has 220 valence electrons. The highest BCUT2D eigenvalue weighted by Crippen LogP contribution is 2.69. The molecule has 0 amide bonds. The quantitative estimate of drug-likeness (QED) is 0.336. The predicted octanol–water partition coefficient (Wildman–Crippen LogP) is 6.11. The van der Waals surface area contributed by atoms with Gasteiger partial charge in [0.2, 0.25) is 0 Å². The lowest BCUT2D eigenvalue weighted by molar-refractivity contribution is -0.136. The third-order valence-electron chi connectivity index (χ3n) is 11.2. The Morgan fingerprint density at radius 1 is 1.00 bits per heavy atom. The van der Waals surface area contributed by atoms with E-state index >= 15 is 0 Å². The van der Waals surface area contributed by atoms with E-state index in [2.05, 4.69) is 53.6 Å². The fraction of sp³-hybridized carbons (Fsp3) is 0.629. The number of nitrogens with zero attached hydrogens (tertiary/aromatic N) is 1. The lowest BCUT2D eigenvalue weighted by Gasteiger charge is -2.54. The highest BCUT2D eigenvalue weighted by Gasteiger charge is 2.66. The highest BCUT2D eigenvalue weighted by molar-refractivity contribution is 5.82. The van der Waals surface area contributed by atoms with E-state index in [1.807, 2.05) is 12.4 Å². The third-order valence-corrected chi connectivity index (χ3v) is 11.2. The van der Waals surface area contributed by atoms with Crippen LogP contribution in [-0.2, 0) is 18.9 Å². The van der Waals surface area contributed by atoms with Gasteiger partial charge in [0.15, 0.2) is 0 Å². The zero-order valence-corrected chi connectivity index (χ0v) is 24.8. The van der Waals surface area contributed by atoms with Gasteiger partial charge in [0.1, 0.15) is 0 Å². The van der Waals surface area contributed by atoms with Crippen LogP contribution in [0.5, 0.6) is 0 Å². The van der Waals surface area contributed by atoms with Crippen LogP contribution in [0, 0.1) is 11.3 Å². The van der Waals surface area contributed by atoms with E-state index in [1.165, 1.54) is 41.2 Å². The molecule has 2 bridgehead atoms. The molecule has 1 aromatic carbocycles. The number of benzene rings is 1. The Balaban J connectivity index is 1.02. The maximum Gasteiger partial charge on any atom is 0.0974 e. The van der Waals surface area contributed by atoms with E-state index in [0.29, 0.717) is 50.9 Å². The van der Waals surface area contributed by atoms with Crippen molar-refractivity contribution in [2.45, 2.75) is 81.5 Å². The Bertz CT molecular complexity index is 1320. The molecule has 5 aliphatic rings. The van der Waals surface area contributed by atoms with Crippen molar-refractivity contribution in [3.8, 4) is 0 Å². The normalized spacial score (nSPS) is 35.5. The number of rotatable bonds is 11. The van der Waals surface area contributed by atoms with E-state index < -0.39 is 0 Å². The van der Waals surface area contributed by atoms with Gasteiger partial charge in [-0.3, -0.25) is 4.98 Å². The van der Waals surface area contributed by atoms with Crippen molar-refractivity contribution in [3.63, 3.8) is 0 Å². The summed E-state index contributed by atoms with van der Waals surface area (Å²) in [6.07, 6.45) is 18.4. The summed E-state index contributed by atoms with van der Waals surface area (Å²) in [5.41, 5.74) is 4.55. The molecule has 1 aromatic heterocycles. The number of hydrogen-bond donors (Lipinski definition) is 1. The summed E-state index contributed by atoms with van der Waals surface area (Å²) in [6.45, 7) is 6.65. The molecule has 6 nitrogen and oxygen atoms in total. The zero-order valence-electron chi connectivity index (χ0n) is 24.8. The molecule has 6 atom stereocenters. The Kier molecular flexibility index (Phi) is 7.57. The fourth-order valence-corrected chi connectivity index (χ4v) is 9.25. The molecular formula is C35H46N2O4. The zero-order chi connectivity index (χ0) is 27.9. The summed E-state index contributed by atoms with van der Waals surface area (Å²) in [6, 6.07) is 9.67. The van der Waals surface area contributed by atoms with Gasteiger partial charge in [-0.25, -0.2) is 0 Å². The summed E-state index contributed by atoms with van der Waals surface area (Å²) in [4.78, 5) is 4.39. The van der Waals surface area contributed by atoms with Crippen LogP contribution < -0.4 is 5.32 Å². The molecule has 6 heteroatoms. The maximum atomic E-state index is 7.49. The highest BCUT2D eigenvalue weighted by atomic mass is 16.5. The average Bonchev–Trinajstić information content (AvgIpc) is 3.51. The van der Waals surface area contributed by atoms with Crippen LogP contribution >= 0.6 is 0 Å². The maximum absolute atomic E-state index is 7.49. The molecule has 2 saturated carbocycles. The van der Waals surface area contributed by atoms with E-state index in [4.69, 9.17) is 18.9 Å². The number of pyridine rings is 1. The van der Waals surface area contributed by atoms with Gasteiger partial charge >= 0.3 is 0 Å². The van der Waals surface area contributed by atoms with Crippen molar-refractivity contribution in [1.82, 2.24) is 10.3 Å². The molecule has 7 rings (SSSR count). The molecule has 1 saturated heterocycles. The predicted molar refractivity (Wildman–Crippen MR) is 161 cm³/mol. The fourth-order valence-electron chi connectivity index (χ4n) is 9.25. The molecule has 1 N–H and O–H groups in total. The molecule has 3 aliphatic carbocycles. The minimum absolute atomic E-state index is 0.0890. The van der Waals surface area contributed by atoms with Gasteiger partial charge in [-0.2, -0.15) is 0 Å². The van der Waals surface area contributed by atoms with Crippen LogP contribution in [0.25, 0.3) is 10.8 Å². The Morgan fingerprint density at radius 2 is 1.88 bits per heavy atom. The number of fused-ring (bicyclic) bond motifs is 2. The smallest absolute Gasteiger partial charge is 0.0974 e. The van der Waals surface area contributed by atoms with Crippen molar-refractivity contribution in [2.75, 3.05) is 46.7 Å². The largest absolute Gasteiger partial charge is 0.382 e. The second-order valence-electron chi connectivity index (χ2n) is 13.3. The first kappa shape index (κ1) is 27.7. The summed E-state index contributed by atoms with van der Waals surface area (Å²) in [5, 5.41) is 6.33. The van der Waals surface area contributed by atoms with Crippen molar-refractivity contribution in [2.24, 2.45) is 11.3 Å². The Hall–Kier alpha value is -2.09. The number of hydrogen-bond acceptors (Lipinski definition) is 6. The van der Waals surface area contributed by atoms with Crippen LogP contribution in [0.15, 0.2) is 60.0 Å². The molecule has 3 unspecified atom stereocenters. The van der Waals surface area contributed by atoms with Gasteiger partial charge in [-0.05, 0) is 103 Å². The Labute approximate surface area is 244 Å². The first-order chi connectivity index (χ1) is 20.1. The number of methoxy groups -OCH3 is 1. The number of allylic oxidation sites excluding steroid dienone is 1. The molecule has 2 aromatic rings.